The molecule has 0 aliphatic carbocycles. The molecule has 160 valence electrons. The summed E-state index contributed by atoms with van der Waals surface area (Å²) in [5.74, 6) is -0.708. The van der Waals surface area contributed by atoms with Crippen LogP contribution in [-0.2, 0) is 19.4 Å². The van der Waals surface area contributed by atoms with E-state index >= 15 is 0 Å². The fraction of sp³-hybridized carbons (Fsp3) is 0.300. The van der Waals surface area contributed by atoms with Crippen molar-refractivity contribution in [3.63, 3.8) is 0 Å². The van der Waals surface area contributed by atoms with Crippen LogP contribution >= 0.6 is 11.3 Å². The Morgan fingerprint density at radius 1 is 1.19 bits per heavy atom. The lowest BCUT2D eigenvalue weighted by Crippen LogP contribution is -2.42. The maximum absolute atomic E-state index is 12.7. The van der Waals surface area contributed by atoms with Gasteiger partial charge < -0.3 is 5.32 Å². The zero-order valence-electron chi connectivity index (χ0n) is 16.4. The molecule has 0 spiro atoms. The van der Waals surface area contributed by atoms with Crippen molar-refractivity contribution in [1.29, 1.82) is 0 Å². The van der Waals surface area contributed by atoms with E-state index in [1.165, 1.54) is 5.01 Å². The van der Waals surface area contributed by atoms with Gasteiger partial charge in [-0.15, -0.1) is 11.3 Å². The molecule has 4 heterocycles. The van der Waals surface area contributed by atoms with Crippen molar-refractivity contribution in [3.8, 4) is 11.3 Å². The summed E-state index contributed by atoms with van der Waals surface area (Å²) in [6.07, 6.45) is 4.61. The molecule has 1 fully saturated rings. The summed E-state index contributed by atoms with van der Waals surface area (Å²) in [5.41, 5.74) is 2.61. The average Bonchev–Trinajstić information content (AvgIpc) is 3.43. The first-order chi connectivity index (χ1) is 14.9. The SMILES string of the molecule is O=C(Nc1ccc(-c2cn3ccsc3n2)cc1)C1=NN([C@@H]2CCS(=O)(=O)C2)C(=O)CC1. The average molecular weight is 458 g/mol. The fourth-order valence-electron chi connectivity index (χ4n) is 3.78. The van der Waals surface area contributed by atoms with Crippen LogP contribution in [0.15, 0.2) is 47.1 Å². The smallest absolute Gasteiger partial charge is 0.271 e. The maximum atomic E-state index is 12.7. The Morgan fingerprint density at radius 2 is 2.00 bits per heavy atom. The number of rotatable bonds is 4. The van der Waals surface area contributed by atoms with Crippen molar-refractivity contribution in [2.45, 2.75) is 25.3 Å². The van der Waals surface area contributed by atoms with Crippen LogP contribution in [0.2, 0.25) is 0 Å². The van der Waals surface area contributed by atoms with Gasteiger partial charge in [0.15, 0.2) is 14.8 Å². The van der Waals surface area contributed by atoms with E-state index in [1.807, 2.05) is 34.3 Å². The summed E-state index contributed by atoms with van der Waals surface area (Å²) in [6, 6.07) is 6.84. The molecule has 31 heavy (non-hydrogen) atoms. The summed E-state index contributed by atoms with van der Waals surface area (Å²) >= 11 is 1.56. The van der Waals surface area contributed by atoms with Gasteiger partial charge in [-0.05, 0) is 18.6 Å². The number of carbonyl (C=O) groups is 2. The summed E-state index contributed by atoms with van der Waals surface area (Å²) in [7, 11) is -3.16. The van der Waals surface area contributed by atoms with Crippen molar-refractivity contribution < 1.29 is 18.0 Å². The molecule has 0 bridgehead atoms. The van der Waals surface area contributed by atoms with E-state index in [2.05, 4.69) is 15.4 Å². The molecule has 5 rings (SSSR count). The lowest BCUT2D eigenvalue weighted by Gasteiger charge is -2.27. The predicted molar refractivity (Wildman–Crippen MR) is 118 cm³/mol. The number of amides is 2. The highest BCUT2D eigenvalue weighted by molar-refractivity contribution is 7.91. The van der Waals surface area contributed by atoms with E-state index in [4.69, 9.17) is 0 Å². The molecule has 1 atom stereocenters. The van der Waals surface area contributed by atoms with Gasteiger partial charge in [0, 0.05) is 41.9 Å². The lowest BCUT2D eigenvalue weighted by atomic mass is 10.1. The summed E-state index contributed by atoms with van der Waals surface area (Å²) in [5, 5.41) is 10.2. The first-order valence-electron chi connectivity index (χ1n) is 9.82. The number of fused-ring (bicyclic) bond motifs is 1. The van der Waals surface area contributed by atoms with Crippen LogP contribution in [0.4, 0.5) is 5.69 Å². The number of thiazole rings is 1. The van der Waals surface area contributed by atoms with E-state index in [1.54, 1.807) is 23.5 Å². The minimum atomic E-state index is -3.16. The normalized spacial score (nSPS) is 20.8. The molecule has 9 nitrogen and oxygen atoms in total. The molecular formula is C20H19N5O4S2. The van der Waals surface area contributed by atoms with E-state index in [9.17, 15) is 18.0 Å². The molecule has 3 aromatic rings. The molecule has 2 aromatic heterocycles. The monoisotopic (exact) mass is 457 g/mol. The van der Waals surface area contributed by atoms with Gasteiger partial charge in [-0.1, -0.05) is 12.1 Å². The highest BCUT2D eigenvalue weighted by Crippen LogP contribution is 2.24. The molecule has 1 aromatic carbocycles. The Balaban J connectivity index is 1.29. The van der Waals surface area contributed by atoms with Crippen molar-refractivity contribution in [2.24, 2.45) is 5.10 Å². The highest BCUT2D eigenvalue weighted by atomic mass is 32.2. The number of imidazole rings is 1. The van der Waals surface area contributed by atoms with Crippen LogP contribution in [0.25, 0.3) is 16.2 Å². The lowest BCUT2D eigenvalue weighted by molar-refractivity contribution is -0.133. The van der Waals surface area contributed by atoms with E-state index in [0.29, 0.717) is 12.1 Å². The van der Waals surface area contributed by atoms with E-state index in [0.717, 1.165) is 16.2 Å². The molecule has 11 heteroatoms. The van der Waals surface area contributed by atoms with Gasteiger partial charge in [0.25, 0.3) is 5.91 Å². The molecule has 2 amide bonds. The van der Waals surface area contributed by atoms with E-state index < -0.39 is 21.8 Å². The molecule has 2 aliphatic rings. The predicted octanol–water partition coefficient (Wildman–Crippen LogP) is 2.17. The van der Waals surface area contributed by atoms with Crippen LogP contribution in [0.1, 0.15) is 19.3 Å². The molecule has 0 unspecified atom stereocenters. The molecule has 0 saturated carbocycles. The van der Waals surface area contributed by atoms with Crippen molar-refractivity contribution in [1.82, 2.24) is 14.4 Å². The Hall–Kier alpha value is -3.05. The fourth-order valence-corrected chi connectivity index (χ4v) is 6.17. The summed E-state index contributed by atoms with van der Waals surface area (Å²) in [4.78, 5) is 30.4. The number of carbonyl (C=O) groups excluding carboxylic acids is 2. The Kier molecular flexibility index (Phi) is 4.86. The van der Waals surface area contributed by atoms with Crippen LogP contribution < -0.4 is 5.32 Å². The number of hydrazone groups is 1. The Labute approximate surface area is 182 Å². The maximum Gasteiger partial charge on any atom is 0.271 e. The largest absolute Gasteiger partial charge is 0.321 e. The molecule has 0 radical (unpaired) electrons. The second-order valence-corrected chi connectivity index (χ2v) is 10.7. The molecule has 1 saturated heterocycles. The third kappa shape index (κ3) is 3.98. The third-order valence-corrected chi connectivity index (χ3v) is 7.93. The molecule has 1 N–H and O–H groups in total. The first kappa shape index (κ1) is 19.9. The zero-order valence-corrected chi connectivity index (χ0v) is 18.0. The van der Waals surface area contributed by atoms with Crippen LogP contribution in [0.3, 0.4) is 0 Å². The second-order valence-electron chi connectivity index (χ2n) is 7.59. The highest BCUT2D eigenvalue weighted by Gasteiger charge is 2.37. The van der Waals surface area contributed by atoms with Gasteiger partial charge in [0.2, 0.25) is 5.91 Å². The van der Waals surface area contributed by atoms with Gasteiger partial charge >= 0.3 is 0 Å². The number of hydrogen-bond donors (Lipinski definition) is 1. The summed E-state index contributed by atoms with van der Waals surface area (Å²) in [6.45, 7) is 0. The van der Waals surface area contributed by atoms with Crippen LogP contribution in [0, 0.1) is 0 Å². The molecular weight excluding hydrogens is 438 g/mol. The molecule has 2 aliphatic heterocycles. The number of nitrogens with zero attached hydrogens (tertiary/aromatic N) is 4. The van der Waals surface area contributed by atoms with Gasteiger partial charge in [0.1, 0.15) is 5.71 Å². The van der Waals surface area contributed by atoms with Crippen molar-refractivity contribution in [3.05, 3.63) is 42.0 Å². The minimum absolute atomic E-state index is 0.0412. The minimum Gasteiger partial charge on any atom is -0.321 e. The van der Waals surface area contributed by atoms with Crippen molar-refractivity contribution >= 4 is 49.3 Å². The number of hydrogen-bond acceptors (Lipinski definition) is 7. The zero-order chi connectivity index (χ0) is 21.6. The number of nitrogens with one attached hydrogen (secondary N) is 1. The first-order valence-corrected chi connectivity index (χ1v) is 12.5. The van der Waals surface area contributed by atoms with Crippen molar-refractivity contribution in [2.75, 3.05) is 16.8 Å². The van der Waals surface area contributed by atoms with Crippen LogP contribution in [0.5, 0.6) is 0 Å². The Morgan fingerprint density at radius 3 is 2.71 bits per heavy atom. The van der Waals surface area contributed by atoms with E-state index in [-0.39, 0.29) is 36.0 Å². The van der Waals surface area contributed by atoms with Gasteiger partial charge in [-0.3, -0.25) is 14.0 Å². The number of anilines is 1. The number of sulfone groups is 1. The second kappa shape index (κ2) is 7.57. The quantitative estimate of drug-likeness (QED) is 0.645. The van der Waals surface area contributed by atoms with Gasteiger partial charge in [-0.2, -0.15) is 5.10 Å². The number of benzene rings is 1. The van der Waals surface area contributed by atoms with Gasteiger partial charge in [0.05, 0.1) is 23.2 Å². The number of aromatic nitrogens is 2. The third-order valence-electron chi connectivity index (χ3n) is 5.41. The standard InChI is InChI=1S/C20H19N5O4S2/c26-18-6-5-16(23-25(18)15-7-10-31(28,29)12-15)19(27)21-14-3-1-13(2-4-14)17-11-24-8-9-30-20(24)22-17/h1-4,8-9,11,15H,5-7,10,12H2,(H,21,27)/t15-/m1/s1. The van der Waals surface area contributed by atoms with Gasteiger partial charge in [-0.25, -0.2) is 18.4 Å². The van der Waals surface area contributed by atoms with Crippen LogP contribution in [-0.4, -0.2) is 57.9 Å². The topological polar surface area (TPSA) is 113 Å². The summed E-state index contributed by atoms with van der Waals surface area (Å²) < 4.78 is 25.4. The Bertz CT molecular complexity index is 1280.